The van der Waals surface area contributed by atoms with Gasteiger partial charge in [-0.15, -0.1) is 0 Å². The largest absolute Gasteiger partial charge is 0.272 e. The van der Waals surface area contributed by atoms with Crippen LogP contribution in [0.25, 0.3) is 11.0 Å². The van der Waals surface area contributed by atoms with Gasteiger partial charge in [0.25, 0.3) is 11.8 Å². The fourth-order valence-electron chi connectivity index (χ4n) is 4.20. The topological polar surface area (TPSA) is 84.0 Å². The van der Waals surface area contributed by atoms with Crippen LogP contribution in [0.2, 0.25) is 0 Å². The molecule has 2 aliphatic carbocycles. The SMILES string of the molecule is O=C(NNC(=O)c1ccccc1F)c1ccc2nc3c(nc2c1)C1CCC3C1. The lowest BCUT2D eigenvalue weighted by Crippen LogP contribution is -2.41. The van der Waals surface area contributed by atoms with Gasteiger partial charge >= 0.3 is 0 Å². The van der Waals surface area contributed by atoms with Crippen LogP contribution in [-0.4, -0.2) is 21.8 Å². The Morgan fingerprint density at radius 3 is 2.32 bits per heavy atom. The second-order valence-electron chi connectivity index (χ2n) is 7.29. The number of benzene rings is 2. The van der Waals surface area contributed by atoms with Gasteiger partial charge in [-0.1, -0.05) is 12.1 Å². The van der Waals surface area contributed by atoms with Crippen LogP contribution in [0, 0.1) is 5.82 Å². The van der Waals surface area contributed by atoms with Crippen molar-refractivity contribution in [3.05, 3.63) is 70.8 Å². The molecular formula is C21H17FN4O2. The van der Waals surface area contributed by atoms with E-state index in [2.05, 4.69) is 10.9 Å². The van der Waals surface area contributed by atoms with E-state index in [4.69, 9.17) is 9.97 Å². The molecule has 0 aliphatic heterocycles. The first-order valence-corrected chi connectivity index (χ1v) is 9.27. The van der Waals surface area contributed by atoms with Gasteiger partial charge in [-0.05, 0) is 49.6 Å². The first-order valence-electron chi connectivity index (χ1n) is 9.27. The van der Waals surface area contributed by atoms with E-state index >= 15 is 0 Å². The average Bonchev–Trinajstić information content (AvgIpc) is 3.32. The fraction of sp³-hybridized carbons (Fsp3) is 0.238. The molecule has 2 amide bonds. The van der Waals surface area contributed by atoms with E-state index in [0.29, 0.717) is 22.9 Å². The molecule has 1 fully saturated rings. The highest BCUT2D eigenvalue weighted by molar-refractivity contribution is 6.00. The molecule has 5 rings (SSSR count). The predicted molar refractivity (Wildman–Crippen MR) is 100 cm³/mol. The van der Waals surface area contributed by atoms with E-state index in [1.807, 2.05) is 0 Å². The number of carbonyl (C=O) groups is 2. The molecule has 7 heteroatoms. The van der Waals surface area contributed by atoms with Crippen LogP contribution >= 0.6 is 0 Å². The molecular weight excluding hydrogens is 359 g/mol. The summed E-state index contributed by atoms with van der Waals surface area (Å²) < 4.78 is 13.6. The van der Waals surface area contributed by atoms with Crippen molar-refractivity contribution in [1.82, 2.24) is 20.8 Å². The van der Waals surface area contributed by atoms with Crippen molar-refractivity contribution < 1.29 is 14.0 Å². The number of amides is 2. The van der Waals surface area contributed by atoms with Crippen molar-refractivity contribution >= 4 is 22.8 Å². The summed E-state index contributed by atoms with van der Waals surface area (Å²) in [6.45, 7) is 0. The molecule has 2 N–H and O–H groups in total. The van der Waals surface area contributed by atoms with Crippen molar-refractivity contribution in [3.63, 3.8) is 0 Å². The zero-order chi connectivity index (χ0) is 19.3. The highest BCUT2D eigenvalue weighted by Gasteiger charge is 2.39. The van der Waals surface area contributed by atoms with Gasteiger partial charge in [-0.2, -0.15) is 0 Å². The third kappa shape index (κ3) is 2.70. The minimum Gasteiger partial charge on any atom is -0.267 e. The van der Waals surface area contributed by atoms with Crippen molar-refractivity contribution in [2.24, 2.45) is 0 Å². The summed E-state index contributed by atoms with van der Waals surface area (Å²) >= 11 is 0. The Morgan fingerprint density at radius 2 is 1.57 bits per heavy atom. The second kappa shape index (κ2) is 6.37. The average molecular weight is 376 g/mol. The molecule has 2 unspecified atom stereocenters. The van der Waals surface area contributed by atoms with Crippen molar-refractivity contribution in [1.29, 1.82) is 0 Å². The van der Waals surface area contributed by atoms with Crippen LogP contribution in [0.4, 0.5) is 4.39 Å². The molecule has 2 atom stereocenters. The molecule has 28 heavy (non-hydrogen) atoms. The second-order valence-corrected chi connectivity index (χ2v) is 7.29. The monoisotopic (exact) mass is 376 g/mol. The molecule has 0 saturated heterocycles. The van der Waals surface area contributed by atoms with E-state index < -0.39 is 17.6 Å². The Bertz CT molecular complexity index is 1130. The summed E-state index contributed by atoms with van der Waals surface area (Å²) in [5.74, 6) is -0.877. The Hall–Kier alpha value is -3.35. The number of nitrogens with zero attached hydrogens (tertiary/aromatic N) is 2. The molecule has 2 aromatic carbocycles. The molecule has 0 radical (unpaired) electrons. The standard InChI is InChI=1S/C21H17FN4O2/c22-15-4-2-1-3-14(15)21(28)26-25-20(27)13-7-8-16-17(10-13)24-19-12-6-5-11(9-12)18(19)23-16/h1-4,7-8,10-12H,5-6,9H2,(H,25,27)(H,26,28). The quantitative estimate of drug-likeness (QED) is 0.673. The number of hydrogen-bond donors (Lipinski definition) is 2. The van der Waals surface area contributed by atoms with Crippen LogP contribution in [0.3, 0.4) is 0 Å². The van der Waals surface area contributed by atoms with Gasteiger partial charge in [0.05, 0.1) is 28.0 Å². The van der Waals surface area contributed by atoms with Gasteiger partial charge in [-0.25, -0.2) is 14.4 Å². The molecule has 1 heterocycles. The van der Waals surface area contributed by atoms with Gasteiger partial charge in [-0.3, -0.25) is 20.4 Å². The minimum atomic E-state index is -0.721. The highest BCUT2D eigenvalue weighted by atomic mass is 19.1. The number of aromatic nitrogens is 2. The number of carbonyl (C=O) groups excluding carboxylic acids is 2. The molecule has 2 bridgehead atoms. The van der Waals surface area contributed by atoms with E-state index in [1.54, 1.807) is 24.3 Å². The summed E-state index contributed by atoms with van der Waals surface area (Å²) in [5, 5.41) is 0. The summed E-state index contributed by atoms with van der Waals surface area (Å²) in [6, 6.07) is 10.6. The lowest BCUT2D eigenvalue weighted by Gasteiger charge is -2.14. The van der Waals surface area contributed by atoms with E-state index in [1.165, 1.54) is 24.6 Å². The van der Waals surface area contributed by atoms with E-state index in [0.717, 1.165) is 29.7 Å². The summed E-state index contributed by atoms with van der Waals surface area (Å²) in [4.78, 5) is 33.9. The summed E-state index contributed by atoms with van der Waals surface area (Å²) in [5.41, 5.74) is 8.36. The fourth-order valence-corrected chi connectivity index (χ4v) is 4.20. The zero-order valence-corrected chi connectivity index (χ0v) is 14.9. The molecule has 140 valence electrons. The van der Waals surface area contributed by atoms with Crippen LogP contribution in [0.5, 0.6) is 0 Å². The third-order valence-corrected chi connectivity index (χ3v) is 5.60. The van der Waals surface area contributed by atoms with Crippen LogP contribution in [0.15, 0.2) is 42.5 Å². The van der Waals surface area contributed by atoms with Crippen molar-refractivity contribution in [3.8, 4) is 0 Å². The molecule has 0 spiro atoms. The predicted octanol–water partition coefficient (Wildman–Crippen LogP) is 3.21. The van der Waals surface area contributed by atoms with E-state index in [-0.39, 0.29) is 5.56 Å². The van der Waals surface area contributed by atoms with Gasteiger partial charge in [0.1, 0.15) is 5.82 Å². The summed E-state index contributed by atoms with van der Waals surface area (Å²) in [7, 11) is 0. The Labute approximate surface area is 160 Å². The highest BCUT2D eigenvalue weighted by Crippen LogP contribution is 2.51. The lowest BCUT2D eigenvalue weighted by molar-refractivity contribution is 0.0844. The number of fused-ring (bicyclic) bond motifs is 6. The Balaban J connectivity index is 1.35. The molecule has 1 aromatic heterocycles. The number of rotatable bonds is 2. The summed E-state index contributed by atoms with van der Waals surface area (Å²) in [6.07, 6.45) is 3.46. The van der Waals surface area contributed by atoms with Gasteiger partial charge < -0.3 is 0 Å². The maximum absolute atomic E-state index is 13.6. The Kier molecular flexibility index (Phi) is 3.82. The van der Waals surface area contributed by atoms with Gasteiger partial charge in [0.15, 0.2) is 0 Å². The normalized spacial score (nSPS) is 19.5. The van der Waals surface area contributed by atoms with Gasteiger partial charge in [0, 0.05) is 17.4 Å². The third-order valence-electron chi connectivity index (χ3n) is 5.60. The Morgan fingerprint density at radius 1 is 0.893 bits per heavy atom. The maximum atomic E-state index is 13.6. The molecule has 1 saturated carbocycles. The molecule has 6 nitrogen and oxygen atoms in total. The van der Waals surface area contributed by atoms with Crippen molar-refractivity contribution in [2.75, 3.05) is 0 Å². The minimum absolute atomic E-state index is 0.141. The lowest BCUT2D eigenvalue weighted by atomic mass is 10.00. The first kappa shape index (κ1) is 16.8. The number of hydrazine groups is 1. The van der Waals surface area contributed by atoms with Gasteiger partial charge in [0.2, 0.25) is 0 Å². The van der Waals surface area contributed by atoms with Crippen LogP contribution in [0.1, 0.15) is 63.2 Å². The molecule has 2 aliphatic rings. The number of nitrogens with one attached hydrogen (secondary N) is 2. The number of hydrogen-bond acceptors (Lipinski definition) is 4. The van der Waals surface area contributed by atoms with E-state index in [9.17, 15) is 14.0 Å². The van der Waals surface area contributed by atoms with Crippen molar-refractivity contribution in [2.45, 2.75) is 31.1 Å². The maximum Gasteiger partial charge on any atom is 0.272 e. The van der Waals surface area contributed by atoms with Crippen LogP contribution < -0.4 is 10.9 Å². The zero-order valence-electron chi connectivity index (χ0n) is 14.9. The van der Waals surface area contributed by atoms with Crippen LogP contribution in [-0.2, 0) is 0 Å². The first-order chi connectivity index (χ1) is 13.6. The number of halogens is 1. The molecule has 3 aromatic rings. The smallest absolute Gasteiger partial charge is 0.267 e.